The van der Waals surface area contributed by atoms with E-state index in [1.807, 2.05) is 30.3 Å². The summed E-state index contributed by atoms with van der Waals surface area (Å²) in [7, 11) is 0. The molecule has 4 heteroatoms. The maximum Gasteiger partial charge on any atom is 0.267 e. The van der Waals surface area contributed by atoms with Crippen molar-refractivity contribution in [1.82, 2.24) is 5.32 Å². The van der Waals surface area contributed by atoms with Gasteiger partial charge in [0.2, 0.25) is 0 Å². The second-order valence-electron chi connectivity index (χ2n) is 3.20. The van der Waals surface area contributed by atoms with Crippen molar-refractivity contribution < 1.29 is 4.79 Å². The Bertz CT molecular complexity index is 409. The second-order valence-corrected chi connectivity index (χ2v) is 3.20. The van der Waals surface area contributed by atoms with E-state index in [4.69, 9.17) is 0 Å². The summed E-state index contributed by atoms with van der Waals surface area (Å²) in [6.07, 6.45) is 1.41. The lowest BCUT2D eigenvalue weighted by Crippen LogP contribution is -2.31. The van der Waals surface area contributed by atoms with Gasteiger partial charge >= 0.3 is 0 Å². The molecule has 1 aromatic carbocycles. The third-order valence-electron chi connectivity index (χ3n) is 2.09. The number of benzene rings is 1. The molecule has 1 N–H and O–H groups in total. The zero-order valence-electron chi connectivity index (χ0n) is 8.18. The zero-order valence-corrected chi connectivity index (χ0v) is 8.18. The van der Waals surface area contributed by atoms with Crippen molar-refractivity contribution in [3.63, 3.8) is 0 Å². The van der Waals surface area contributed by atoms with Crippen LogP contribution in [0, 0.1) is 0 Å². The molecule has 0 radical (unpaired) electrons. The summed E-state index contributed by atoms with van der Waals surface area (Å²) in [4.78, 5) is 19.2. The minimum absolute atomic E-state index is 0.142. The van der Waals surface area contributed by atoms with Crippen LogP contribution in [0.2, 0.25) is 0 Å². The van der Waals surface area contributed by atoms with Crippen LogP contribution in [-0.2, 0) is 11.3 Å². The molecule has 1 amide bonds. The van der Waals surface area contributed by atoms with Crippen LogP contribution in [0.5, 0.6) is 0 Å². The smallest absolute Gasteiger partial charge is 0.267 e. The fraction of sp³-hybridized carbons (Fsp3) is 0.182. The largest absolute Gasteiger partial charge is 0.347 e. The first-order chi connectivity index (χ1) is 7.36. The first-order valence-electron chi connectivity index (χ1n) is 4.73. The van der Waals surface area contributed by atoms with Crippen molar-refractivity contribution in [2.45, 2.75) is 6.54 Å². The van der Waals surface area contributed by atoms with E-state index in [1.165, 1.54) is 6.34 Å². The highest BCUT2D eigenvalue weighted by molar-refractivity contribution is 6.41. The molecule has 0 bridgehead atoms. The monoisotopic (exact) mass is 201 g/mol. The van der Waals surface area contributed by atoms with Crippen LogP contribution in [-0.4, -0.2) is 24.5 Å². The van der Waals surface area contributed by atoms with Gasteiger partial charge in [-0.05, 0) is 5.56 Å². The Morgan fingerprint density at radius 1 is 1.33 bits per heavy atom. The van der Waals surface area contributed by atoms with Gasteiger partial charge in [-0.1, -0.05) is 30.3 Å². The Balaban J connectivity index is 1.86. The van der Waals surface area contributed by atoms with Gasteiger partial charge in [0.25, 0.3) is 5.91 Å². The summed E-state index contributed by atoms with van der Waals surface area (Å²) in [6.45, 7) is 0.916. The number of nitrogens with zero attached hydrogens (tertiary/aromatic N) is 2. The number of rotatable bonds is 3. The normalized spacial score (nSPS) is 13.7. The maximum absolute atomic E-state index is 11.5. The van der Waals surface area contributed by atoms with E-state index in [2.05, 4.69) is 15.3 Å². The Morgan fingerprint density at radius 2 is 2.13 bits per heavy atom. The van der Waals surface area contributed by atoms with Crippen LogP contribution >= 0.6 is 0 Å². The average Bonchev–Trinajstić information content (AvgIpc) is 2.81. The molecule has 1 heterocycles. The number of hydrogen-bond donors (Lipinski definition) is 1. The van der Waals surface area contributed by atoms with Gasteiger partial charge in [-0.25, -0.2) is 4.99 Å². The third-order valence-corrected chi connectivity index (χ3v) is 2.09. The molecule has 0 unspecified atom stereocenters. The quantitative estimate of drug-likeness (QED) is 0.772. The van der Waals surface area contributed by atoms with E-state index in [-0.39, 0.29) is 5.91 Å². The minimum atomic E-state index is -0.142. The van der Waals surface area contributed by atoms with Gasteiger partial charge in [-0.3, -0.25) is 9.79 Å². The summed E-state index contributed by atoms with van der Waals surface area (Å²) < 4.78 is 0. The summed E-state index contributed by atoms with van der Waals surface area (Å²) in [5.74, 6) is -0.142. The Hall–Kier alpha value is -1.97. The molecule has 1 aliphatic heterocycles. The van der Waals surface area contributed by atoms with E-state index >= 15 is 0 Å². The van der Waals surface area contributed by atoms with Gasteiger partial charge in [0.15, 0.2) is 0 Å². The number of carbonyl (C=O) groups is 1. The first kappa shape index (κ1) is 9.58. The van der Waals surface area contributed by atoms with Crippen LogP contribution < -0.4 is 5.32 Å². The molecule has 1 aromatic rings. The molecule has 1 aliphatic rings. The van der Waals surface area contributed by atoms with Crippen LogP contribution in [0.25, 0.3) is 0 Å². The molecule has 0 saturated heterocycles. The van der Waals surface area contributed by atoms with Crippen LogP contribution in [0.15, 0.2) is 40.3 Å². The number of amides is 1. The maximum atomic E-state index is 11.5. The lowest BCUT2D eigenvalue weighted by Gasteiger charge is -2.03. The fourth-order valence-corrected chi connectivity index (χ4v) is 1.29. The Labute approximate surface area is 87.8 Å². The van der Waals surface area contributed by atoms with E-state index in [1.54, 1.807) is 0 Å². The van der Waals surface area contributed by atoms with Gasteiger partial charge in [0, 0.05) is 6.54 Å². The molecule has 0 aliphatic carbocycles. The highest BCUT2D eigenvalue weighted by atomic mass is 16.1. The Morgan fingerprint density at radius 3 is 2.80 bits per heavy atom. The molecule has 0 saturated carbocycles. The predicted octanol–water partition coefficient (Wildman–Crippen LogP) is 0.786. The highest BCUT2D eigenvalue weighted by Gasteiger charge is 2.11. The summed E-state index contributed by atoms with van der Waals surface area (Å²) in [5, 5.41) is 2.79. The van der Waals surface area contributed by atoms with Crippen molar-refractivity contribution in [3.05, 3.63) is 35.9 Å². The fourth-order valence-electron chi connectivity index (χ4n) is 1.29. The van der Waals surface area contributed by atoms with Gasteiger partial charge < -0.3 is 5.32 Å². The third kappa shape index (κ3) is 2.49. The van der Waals surface area contributed by atoms with E-state index in [9.17, 15) is 4.79 Å². The standard InChI is InChI=1S/C11H11N3O/c15-11(10-7-12-8-14-10)13-6-9-4-2-1-3-5-9/h1-5,8H,6-7H2,(H,13,15). The molecule has 4 nitrogen and oxygen atoms in total. The van der Waals surface area contributed by atoms with E-state index < -0.39 is 0 Å². The van der Waals surface area contributed by atoms with Crippen molar-refractivity contribution in [1.29, 1.82) is 0 Å². The summed E-state index contributed by atoms with van der Waals surface area (Å²) >= 11 is 0. The highest BCUT2D eigenvalue weighted by Crippen LogP contribution is 1.97. The average molecular weight is 201 g/mol. The molecule has 0 atom stereocenters. The van der Waals surface area contributed by atoms with Gasteiger partial charge in [0.1, 0.15) is 12.1 Å². The lowest BCUT2D eigenvalue weighted by molar-refractivity contribution is -0.115. The van der Waals surface area contributed by atoms with Crippen LogP contribution in [0.4, 0.5) is 0 Å². The number of carbonyl (C=O) groups excluding carboxylic acids is 1. The summed E-state index contributed by atoms with van der Waals surface area (Å²) in [6, 6.07) is 9.76. The van der Waals surface area contributed by atoms with Crippen molar-refractivity contribution in [3.8, 4) is 0 Å². The summed E-state index contributed by atoms with van der Waals surface area (Å²) in [5.41, 5.74) is 1.55. The minimum Gasteiger partial charge on any atom is -0.347 e. The first-order valence-corrected chi connectivity index (χ1v) is 4.73. The van der Waals surface area contributed by atoms with Crippen LogP contribution in [0.3, 0.4) is 0 Å². The van der Waals surface area contributed by atoms with Crippen molar-refractivity contribution in [2.24, 2.45) is 9.98 Å². The van der Waals surface area contributed by atoms with Crippen molar-refractivity contribution in [2.75, 3.05) is 6.54 Å². The predicted molar refractivity (Wildman–Crippen MR) is 59.1 cm³/mol. The SMILES string of the molecule is O=C(NCc1ccccc1)C1=NC=NC1. The van der Waals surface area contributed by atoms with Crippen molar-refractivity contribution >= 4 is 18.0 Å². The van der Waals surface area contributed by atoms with E-state index in [0.717, 1.165) is 5.56 Å². The topological polar surface area (TPSA) is 53.8 Å². The molecule has 0 aromatic heterocycles. The van der Waals surface area contributed by atoms with Gasteiger partial charge in [-0.2, -0.15) is 0 Å². The number of nitrogens with one attached hydrogen (secondary N) is 1. The number of aliphatic imine (C=N–C) groups is 2. The van der Waals surface area contributed by atoms with Gasteiger partial charge in [0.05, 0.1) is 6.54 Å². The van der Waals surface area contributed by atoms with Gasteiger partial charge in [-0.15, -0.1) is 0 Å². The van der Waals surface area contributed by atoms with Crippen LogP contribution in [0.1, 0.15) is 5.56 Å². The second kappa shape index (κ2) is 4.50. The number of hydrogen-bond acceptors (Lipinski definition) is 3. The molecular formula is C11H11N3O. The van der Waals surface area contributed by atoms with E-state index in [0.29, 0.717) is 18.8 Å². The molecular weight excluding hydrogens is 190 g/mol. The molecule has 2 rings (SSSR count). The lowest BCUT2D eigenvalue weighted by atomic mass is 10.2. The molecule has 0 fully saturated rings. The molecule has 15 heavy (non-hydrogen) atoms. The molecule has 0 spiro atoms. The zero-order chi connectivity index (χ0) is 10.5. The molecule has 76 valence electrons. The Kier molecular flexibility index (Phi) is 2.88.